The fourth-order valence-corrected chi connectivity index (χ4v) is 1.77. The number of carbonyl (C=O) groups excluding carboxylic acids is 1. The van der Waals surface area contributed by atoms with Gasteiger partial charge in [0, 0.05) is 6.07 Å². The van der Waals surface area contributed by atoms with Crippen molar-refractivity contribution in [1.82, 2.24) is 5.43 Å². The molecule has 0 atom stereocenters. The molecule has 7 heteroatoms. The van der Waals surface area contributed by atoms with E-state index in [0.717, 1.165) is 5.56 Å². The van der Waals surface area contributed by atoms with Gasteiger partial charge in [-0.3, -0.25) is 14.9 Å². The first-order chi connectivity index (χ1) is 10.6. The van der Waals surface area contributed by atoms with Gasteiger partial charge in [0.25, 0.3) is 11.6 Å². The molecule has 0 heterocycles. The van der Waals surface area contributed by atoms with Crippen molar-refractivity contribution in [1.29, 1.82) is 0 Å². The molecule has 0 spiro atoms. The molecular weight excluding hydrogens is 286 g/mol. The Hall–Kier alpha value is -3.22. The molecule has 0 fully saturated rings. The van der Waals surface area contributed by atoms with Crippen LogP contribution in [0.5, 0.6) is 5.75 Å². The maximum absolute atomic E-state index is 11.9. The number of para-hydroxylation sites is 1. The van der Waals surface area contributed by atoms with Crippen molar-refractivity contribution in [3.05, 3.63) is 69.8 Å². The lowest BCUT2D eigenvalue weighted by Gasteiger charge is -2.02. The van der Waals surface area contributed by atoms with E-state index in [4.69, 9.17) is 4.74 Å². The molecule has 1 amide bonds. The highest BCUT2D eigenvalue weighted by molar-refractivity contribution is 5.98. The summed E-state index contributed by atoms with van der Waals surface area (Å²) in [6.07, 6.45) is 1.43. The Kier molecular flexibility index (Phi) is 4.81. The second-order valence-corrected chi connectivity index (χ2v) is 4.25. The van der Waals surface area contributed by atoms with Gasteiger partial charge in [0.1, 0.15) is 11.3 Å². The third-order valence-electron chi connectivity index (χ3n) is 2.82. The van der Waals surface area contributed by atoms with Crippen LogP contribution in [0.4, 0.5) is 5.69 Å². The van der Waals surface area contributed by atoms with Gasteiger partial charge in [-0.05, 0) is 23.8 Å². The summed E-state index contributed by atoms with van der Waals surface area (Å²) in [6, 6.07) is 12.8. The Morgan fingerprint density at radius 3 is 2.77 bits per heavy atom. The lowest BCUT2D eigenvalue weighted by atomic mass is 10.2. The van der Waals surface area contributed by atoms with E-state index < -0.39 is 10.8 Å². The molecule has 0 radical (unpaired) electrons. The highest BCUT2D eigenvalue weighted by Gasteiger charge is 2.18. The minimum atomic E-state index is -0.647. The van der Waals surface area contributed by atoms with Crippen molar-refractivity contribution in [3.8, 4) is 5.75 Å². The normalized spacial score (nSPS) is 10.4. The molecule has 22 heavy (non-hydrogen) atoms. The van der Waals surface area contributed by atoms with Crippen molar-refractivity contribution in [2.45, 2.75) is 0 Å². The zero-order chi connectivity index (χ0) is 15.9. The number of hydrazone groups is 1. The minimum Gasteiger partial charge on any atom is -0.497 e. The molecule has 0 saturated carbocycles. The van der Waals surface area contributed by atoms with Crippen LogP contribution in [0.2, 0.25) is 0 Å². The van der Waals surface area contributed by atoms with Crippen LogP contribution in [-0.2, 0) is 0 Å². The van der Waals surface area contributed by atoms with Crippen LogP contribution in [0.1, 0.15) is 15.9 Å². The molecule has 2 aromatic rings. The highest BCUT2D eigenvalue weighted by atomic mass is 16.6. The number of nitrogens with one attached hydrogen (secondary N) is 1. The van der Waals surface area contributed by atoms with Gasteiger partial charge in [-0.2, -0.15) is 5.10 Å². The summed E-state index contributed by atoms with van der Waals surface area (Å²) in [5.74, 6) is 0.0143. The van der Waals surface area contributed by atoms with Gasteiger partial charge in [-0.25, -0.2) is 5.43 Å². The van der Waals surface area contributed by atoms with E-state index in [1.807, 2.05) is 0 Å². The average Bonchev–Trinajstić information content (AvgIpc) is 2.55. The number of carbonyl (C=O) groups is 1. The van der Waals surface area contributed by atoms with Crippen LogP contribution in [0.15, 0.2) is 53.6 Å². The van der Waals surface area contributed by atoms with Gasteiger partial charge in [0.2, 0.25) is 0 Å². The van der Waals surface area contributed by atoms with Crippen molar-refractivity contribution in [3.63, 3.8) is 0 Å². The molecule has 112 valence electrons. The second-order valence-electron chi connectivity index (χ2n) is 4.25. The summed E-state index contributed by atoms with van der Waals surface area (Å²) in [5.41, 5.74) is 2.68. The highest BCUT2D eigenvalue weighted by Crippen LogP contribution is 2.17. The molecule has 0 unspecified atom stereocenters. The van der Waals surface area contributed by atoms with Crippen molar-refractivity contribution in [2.75, 3.05) is 7.11 Å². The van der Waals surface area contributed by atoms with Crippen LogP contribution in [0.25, 0.3) is 0 Å². The molecule has 0 bridgehead atoms. The monoisotopic (exact) mass is 299 g/mol. The summed E-state index contributed by atoms with van der Waals surface area (Å²) >= 11 is 0. The fraction of sp³-hybridized carbons (Fsp3) is 0.0667. The Morgan fingerprint density at radius 1 is 1.27 bits per heavy atom. The third-order valence-corrected chi connectivity index (χ3v) is 2.82. The van der Waals surface area contributed by atoms with E-state index in [1.54, 1.807) is 37.4 Å². The van der Waals surface area contributed by atoms with Gasteiger partial charge < -0.3 is 4.74 Å². The van der Waals surface area contributed by atoms with Crippen LogP contribution in [0.3, 0.4) is 0 Å². The smallest absolute Gasteiger partial charge is 0.282 e. The molecule has 0 saturated heterocycles. The fourth-order valence-electron chi connectivity index (χ4n) is 1.77. The maximum Gasteiger partial charge on any atom is 0.282 e. The van der Waals surface area contributed by atoms with Crippen molar-refractivity contribution < 1.29 is 14.5 Å². The Morgan fingerprint density at radius 2 is 2.05 bits per heavy atom. The van der Waals surface area contributed by atoms with E-state index in [2.05, 4.69) is 10.5 Å². The van der Waals surface area contributed by atoms with Gasteiger partial charge in [0.05, 0.1) is 18.2 Å². The molecule has 0 aliphatic heterocycles. The number of nitro benzene ring substituents is 1. The first-order valence-corrected chi connectivity index (χ1v) is 6.32. The van der Waals surface area contributed by atoms with Crippen LogP contribution in [0, 0.1) is 10.1 Å². The number of ether oxygens (including phenoxy) is 1. The van der Waals surface area contributed by atoms with Gasteiger partial charge in [-0.15, -0.1) is 0 Å². The van der Waals surface area contributed by atoms with Gasteiger partial charge in [0.15, 0.2) is 0 Å². The third kappa shape index (κ3) is 3.66. The van der Waals surface area contributed by atoms with Crippen LogP contribution >= 0.6 is 0 Å². The lowest BCUT2D eigenvalue weighted by Crippen LogP contribution is -2.18. The van der Waals surface area contributed by atoms with Gasteiger partial charge in [-0.1, -0.05) is 24.3 Å². The van der Waals surface area contributed by atoms with E-state index in [-0.39, 0.29) is 11.3 Å². The molecule has 2 aromatic carbocycles. The largest absolute Gasteiger partial charge is 0.497 e. The Balaban J connectivity index is 2.10. The first kappa shape index (κ1) is 15.2. The first-order valence-electron chi connectivity index (χ1n) is 6.32. The molecule has 1 N–H and O–H groups in total. The lowest BCUT2D eigenvalue weighted by molar-refractivity contribution is -0.385. The van der Waals surface area contributed by atoms with Crippen LogP contribution in [-0.4, -0.2) is 24.2 Å². The Bertz CT molecular complexity index is 728. The molecular formula is C15H13N3O4. The predicted octanol–water partition coefficient (Wildman–Crippen LogP) is 2.37. The maximum atomic E-state index is 11.9. The molecule has 7 nitrogen and oxygen atoms in total. The molecule has 0 aliphatic rings. The van der Waals surface area contributed by atoms with Crippen LogP contribution < -0.4 is 10.2 Å². The topological polar surface area (TPSA) is 93.8 Å². The Labute approximate surface area is 126 Å². The molecule has 0 aromatic heterocycles. The van der Waals surface area contributed by atoms with E-state index >= 15 is 0 Å². The van der Waals surface area contributed by atoms with E-state index in [1.165, 1.54) is 24.4 Å². The minimum absolute atomic E-state index is 0.0460. The summed E-state index contributed by atoms with van der Waals surface area (Å²) in [6.45, 7) is 0. The van der Waals surface area contributed by atoms with Crippen molar-refractivity contribution >= 4 is 17.8 Å². The van der Waals surface area contributed by atoms with Crippen molar-refractivity contribution in [2.24, 2.45) is 5.10 Å². The number of nitrogens with zero attached hydrogens (tertiary/aromatic N) is 2. The number of hydrogen-bond donors (Lipinski definition) is 1. The number of rotatable bonds is 5. The summed E-state index contributed by atoms with van der Waals surface area (Å²) in [4.78, 5) is 22.2. The molecule has 0 aliphatic carbocycles. The number of nitro groups is 1. The van der Waals surface area contributed by atoms with Gasteiger partial charge >= 0.3 is 0 Å². The summed E-state index contributed by atoms with van der Waals surface area (Å²) in [7, 11) is 1.55. The predicted molar refractivity (Wildman–Crippen MR) is 81.2 cm³/mol. The summed E-state index contributed by atoms with van der Waals surface area (Å²) < 4.78 is 5.07. The zero-order valence-electron chi connectivity index (χ0n) is 11.7. The SMILES string of the molecule is COc1cccc(/C=N\NC(=O)c2ccccc2[N+](=O)[O-])c1. The number of amides is 1. The van der Waals surface area contributed by atoms with E-state index in [0.29, 0.717) is 5.75 Å². The number of benzene rings is 2. The summed E-state index contributed by atoms with van der Waals surface area (Å²) in [5, 5.41) is 14.7. The molecule has 2 rings (SSSR count). The standard InChI is InChI=1S/C15H13N3O4/c1-22-12-6-4-5-11(9-12)10-16-17-15(19)13-7-2-3-8-14(13)18(20)21/h2-10H,1H3,(H,17,19)/b16-10-. The van der Waals surface area contributed by atoms with E-state index in [9.17, 15) is 14.9 Å². The second kappa shape index (κ2) is 6.98. The average molecular weight is 299 g/mol. The quantitative estimate of drug-likeness (QED) is 0.521. The zero-order valence-corrected chi connectivity index (χ0v) is 11.7. The number of hydrogen-bond acceptors (Lipinski definition) is 5. The number of methoxy groups -OCH3 is 1.